The van der Waals surface area contributed by atoms with Crippen LogP contribution in [-0.4, -0.2) is 36.5 Å². The number of benzene rings is 1. The first-order valence-corrected chi connectivity index (χ1v) is 8.35. The maximum atomic E-state index is 12.4. The predicted molar refractivity (Wildman–Crippen MR) is 87.4 cm³/mol. The molecule has 4 nitrogen and oxygen atoms in total. The van der Waals surface area contributed by atoms with Gasteiger partial charge >= 0.3 is 0 Å². The summed E-state index contributed by atoms with van der Waals surface area (Å²) >= 11 is 3.50. The van der Waals surface area contributed by atoms with Crippen molar-refractivity contribution in [1.29, 1.82) is 0 Å². The van der Waals surface area contributed by atoms with Gasteiger partial charge in [0.1, 0.15) is 5.75 Å². The number of nitrogens with two attached hydrogens (primary N) is 1. The lowest BCUT2D eigenvalue weighted by Gasteiger charge is -2.29. The standard InChI is InChI=1S/C16H23BrN2O2/c1-12(16(20)19-9-3-2-4-10-19)21-14-5-6-15(17)13(11-14)7-8-18/h5-6,11-12H,2-4,7-10,18H2,1H3. The van der Waals surface area contributed by atoms with Crippen molar-refractivity contribution >= 4 is 21.8 Å². The second kappa shape index (κ2) is 7.80. The highest BCUT2D eigenvalue weighted by Gasteiger charge is 2.23. The first-order valence-electron chi connectivity index (χ1n) is 7.55. The summed E-state index contributed by atoms with van der Waals surface area (Å²) in [5.41, 5.74) is 6.71. The van der Waals surface area contributed by atoms with Crippen LogP contribution in [0.4, 0.5) is 0 Å². The van der Waals surface area contributed by atoms with Crippen LogP contribution in [0.5, 0.6) is 5.75 Å². The second-order valence-corrected chi connectivity index (χ2v) is 6.29. The quantitative estimate of drug-likeness (QED) is 0.884. The molecule has 2 rings (SSSR count). The zero-order chi connectivity index (χ0) is 15.2. The van der Waals surface area contributed by atoms with E-state index in [1.54, 1.807) is 0 Å². The molecule has 116 valence electrons. The lowest BCUT2D eigenvalue weighted by molar-refractivity contribution is -0.138. The highest BCUT2D eigenvalue weighted by molar-refractivity contribution is 9.10. The number of nitrogens with zero attached hydrogens (tertiary/aromatic N) is 1. The first kappa shape index (κ1) is 16.3. The average molecular weight is 355 g/mol. The summed E-state index contributed by atoms with van der Waals surface area (Å²) in [7, 11) is 0. The van der Waals surface area contributed by atoms with Crippen LogP contribution in [0.3, 0.4) is 0 Å². The third-order valence-electron chi connectivity index (χ3n) is 3.76. The van der Waals surface area contributed by atoms with E-state index in [9.17, 15) is 4.79 Å². The van der Waals surface area contributed by atoms with Gasteiger partial charge in [-0.2, -0.15) is 0 Å². The topological polar surface area (TPSA) is 55.6 Å². The third-order valence-corrected chi connectivity index (χ3v) is 4.53. The minimum Gasteiger partial charge on any atom is -0.481 e. The van der Waals surface area contributed by atoms with E-state index < -0.39 is 6.10 Å². The normalized spacial score (nSPS) is 16.6. The Morgan fingerprint density at radius 3 is 2.76 bits per heavy atom. The van der Waals surface area contributed by atoms with Gasteiger partial charge in [-0.3, -0.25) is 4.79 Å². The zero-order valence-corrected chi connectivity index (χ0v) is 14.1. The molecular formula is C16H23BrN2O2. The minimum atomic E-state index is -0.449. The Kier molecular flexibility index (Phi) is 6.06. The molecule has 1 aromatic rings. The third kappa shape index (κ3) is 4.45. The molecule has 5 heteroatoms. The van der Waals surface area contributed by atoms with Gasteiger partial charge in [-0.15, -0.1) is 0 Å². The van der Waals surface area contributed by atoms with Crippen LogP contribution in [0.1, 0.15) is 31.7 Å². The number of halogens is 1. The van der Waals surface area contributed by atoms with Crippen molar-refractivity contribution in [3.05, 3.63) is 28.2 Å². The largest absolute Gasteiger partial charge is 0.481 e. The molecule has 1 heterocycles. The molecule has 0 spiro atoms. The molecule has 1 unspecified atom stereocenters. The van der Waals surface area contributed by atoms with E-state index in [1.165, 1.54) is 6.42 Å². The summed E-state index contributed by atoms with van der Waals surface area (Å²) in [6.45, 7) is 4.11. The molecule has 0 saturated carbocycles. The Balaban J connectivity index is 1.99. The Labute approximate surface area is 134 Å². The van der Waals surface area contributed by atoms with E-state index >= 15 is 0 Å². The number of carbonyl (C=O) groups excluding carboxylic acids is 1. The van der Waals surface area contributed by atoms with Crippen LogP contribution in [0.25, 0.3) is 0 Å². The van der Waals surface area contributed by atoms with E-state index in [0.717, 1.165) is 48.1 Å². The van der Waals surface area contributed by atoms with E-state index in [-0.39, 0.29) is 5.91 Å². The van der Waals surface area contributed by atoms with Crippen LogP contribution >= 0.6 is 15.9 Å². The van der Waals surface area contributed by atoms with Crippen molar-refractivity contribution < 1.29 is 9.53 Å². The fraction of sp³-hybridized carbons (Fsp3) is 0.562. The van der Waals surface area contributed by atoms with Gasteiger partial charge < -0.3 is 15.4 Å². The number of hydrogen-bond acceptors (Lipinski definition) is 3. The lowest BCUT2D eigenvalue weighted by atomic mass is 10.1. The Morgan fingerprint density at radius 1 is 1.38 bits per heavy atom. The summed E-state index contributed by atoms with van der Waals surface area (Å²) in [5.74, 6) is 0.803. The molecule has 1 saturated heterocycles. The van der Waals surface area contributed by atoms with E-state index in [4.69, 9.17) is 10.5 Å². The van der Waals surface area contributed by atoms with E-state index in [0.29, 0.717) is 6.54 Å². The summed E-state index contributed by atoms with van der Waals surface area (Å²) in [6, 6.07) is 5.78. The first-order chi connectivity index (χ1) is 10.1. The zero-order valence-electron chi connectivity index (χ0n) is 12.5. The molecule has 0 aromatic heterocycles. The van der Waals surface area contributed by atoms with Crippen LogP contribution in [0.2, 0.25) is 0 Å². The Bertz CT molecular complexity index is 487. The number of piperidine rings is 1. The van der Waals surface area contributed by atoms with Crippen LogP contribution in [0, 0.1) is 0 Å². The monoisotopic (exact) mass is 354 g/mol. The molecule has 21 heavy (non-hydrogen) atoms. The summed E-state index contributed by atoms with van der Waals surface area (Å²) in [5, 5.41) is 0. The van der Waals surface area contributed by atoms with Crippen molar-refractivity contribution in [2.75, 3.05) is 19.6 Å². The van der Waals surface area contributed by atoms with Gasteiger partial charge in [0.15, 0.2) is 6.10 Å². The van der Waals surface area contributed by atoms with Crippen molar-refractivity contribution in [3.63, 3.8) is 0 Å². The lowest BCUT2D eigenvalue weighted by Crippen LogP contribution is -2.43. The maximum Gasteiger partial charge on any atom is 0.263 e. The molecule has 0 radical (unpaired) electrons. The number of rotatable bonds is 5. The van der Waals surface area contributed by atoms with Crippen molar-refractivity contribution in [2.45, 2.75) is 38.7 Å². The molecule has 1 aliphatic rings. The highest BCUT2D eigenvalue weighted by atomic mass is 79.9. The maximum absolute atomic E-state index is 12.4. The van der Waals surface area contributed by atoms with Crippen LogP contribution < -0.4 is 10.5 Å². The van der Waals surface area contributed by atoms with Crippen molar-refractivity contribution in [3.8, 4) is 5.75 Å². The van der Waals surface area contributed by atoms with Crippen LogP contribution in [-0.2, 0) is 11.2 Å². The fourth-order valence-electron chi connectivity index (χ4n) is 2.60. The van der Waals surface area contributed by atoms with Gasteiger partial charge in [-0.1, -0.05) is 15.9 Å². The highest BCUT2D eigenvalue weighted by Crippen LogP contribution is 2.24. The number of hydrogen-bond donors (Lipinski definition) is 1. The summed E-state index contributed by atoms with van der Waals surface area (Å²) in [6.07, 6.45) is 3.74. The van der Waals surface area contributed by atoms with Gasteiger partial charge in [0.05, 0.1) is 0 Å². The molecule has 1 atom stereocenters. The Hall–Kier alpha value is -1.07. The summed E-state index contributed by atoms with van der Waals surface area (Å²) < 4.78 is 6.84. The second-order valence-electron chi connectivity index (χ2n) is 5.44. The van der Waals surface area contributed by atoms with Gasteiger partial charge in [-0.05, 0) is 62.9 Å². The smallest absolute Gasteiger partial charge is 0.263 e. The van der Waals surface area contributed by atoms with E-state index in [2.05, 4.69) is 15.9 Å². The van der Waals surface area contributed by atoms with Gasteiger partial charge in [0.2, 0.25) is 0 Å². The number of carbonyl (C=O) groups is 1. The summed E-state index contributed by atoms with van der Waals surface area (Å²) in [4.78, 5) is 14.3. The van der Waals surface area contributed by atoms with E-state index in [1.807, 2.05) is 30.0 Å². The Morgan fingerprint density at radius 2 is 2.10 bits per heavy atom. The predicted octanol–water partition coefficient (Wildman–Crippen LogP) is 2.73. The van der Waals surface area contributed by atoms with Gasteiger partial charge in [0, 0.05) is 17.6 Å². The molecule has 1 fully saturated rings. The van der Waals surface area contributed by atoms with Crippen molar-refractivity contribution in [1.82, 2.24) is 4.90 Å². The molecular weight excluding hydrogens is 332 g/mol. The molecule has 2 N–H and O–H groups in total. The minimum absolute atomic E-state index is 0.0815. The number of amides is 1. The van der Waals surface area contributed by atoms with Gasteiger partial charge in [0.25, 0.3) is 5.91 Å². The van der Waals surface area contributed by atoms with Crippen molar-refractivity contribution in [2.24, 2.45) is 5.73 Å². The SMILES string of the molecule is CC(Oc1ccc(Br)c(CCN)c1)C(=O)N1CCCCC1. The molecule has 1 aromatic carbocycles. The van der Waals surface area contributed by atoms with Gasteiger partial charge in [-0.25, -0.2) is 0 Å². The number of likely N-dealkylation sites (tertiary alicyclic amines) is 1. The van der Waals surface area contributed by atoms with Crippen LogP contribution in [0.15, 0.2) is 22.7 Å². The molecule has 0 aliphatic carbocycles. The molecule has 0 bridgehead atoms. The number of ether oxygens (including phenoxy) is 1. The average Bonchev–Trinajstić information content (AvgIpc) is 2.51. The fourth-order valence-corrected chi connectivity index (χ4v) is 3.04. The molecule has 1 aliphatic heterocycles. The molecule has 1 amide bonds.